The first-order chi connectivity index (χ1) is 24.5. The van der Waals surface area contributed by atoms with Crippen LogP contribution in [0.5, 0.6) is 0 Å². The number of methoxy groups -OCH3 is 1. The van der Waals surface area contributed by atoms with Crippen LogP contribution in [0.3, 0.4) is 0 Å². The third kappa shape index (κ3) is 6.86. The molecule has 2 aromatic rings. The molecule has 3 amide bonds. The number of aliphatic hydroxyl groups is 1. The van der Waals surface area contributed by atoms with E-state index in [1.807, 2.05) is 88.4 Å². The molecular formula is C40H49N3O8. The van der Waals surface area contributed by atoms with Crippen molar-refractivity contribution < 1.29 is 38.5 Å². The molecule has 4 aliphatic heterocycles. The summed E-state index contributed by atoms with van der Waals surface area (Å²) in [7, 11) is 1.51. The van der Waals surface area contributed by atoms with Crippen LogP contribution in [0.2, 0.25) is 0 Å². The fraction of sp³-hybridized carbons (Fsp3) is 0.500. The minimum atomic E-state index is -1.47. The number of cyclic esters (lactones) is 1. The van der Waals surface area contributed by atoms with Crippen LogP contribution in [-0.2, 0) is 33.4 Å². The summed E-state index contributed by atoms with van der Waals surface area (Å²) < 4.78 is 18.5. The lowest BCUT2D eigenvalue weighted by atomic mass is 9.74. The van der Waals surface area contributed by atoms with Gasteiger partial charge in [0.05, 0.1) is 37.3 Å². The molecule has 5 bridgehead atoms. The minimum Gasteiger partial charge on any atom is -0.455 e. The van der Waals surface area contributed by atoms with Gasteiger partial charge in [-0.15, -0.1) is 0 Å². The van der Waals surface area contributed by atoms with Gasteiger partial charge < -0.3 is 34.4 Å². The Hall–Kier alpha value is -4.32. The van der Waals surface area contributed by atoms with Crippen molar-refractivity contribution in [2.45, 2.75) is 82.9 Å². The van der Waals surface area contributed by atoms with E-state index >= 15 is 4.79 Å². The van der Waals surface area contributed by atoms with Crippen molar-refractivity contribution in [1.82, 2.24) is 10.2 Å². The summed E-state index contributed by atoms with van der Waals surface area (Å²) in [5, 5.41) is 13.8. The number of nitrogens with one attached hydrogen (secondary N) is 1. The van der Waals surface area contributed by atoms with Gasteiger partial charge in [-0.3, -0.25) is 19.2 Å². The van der Waals surface area contributed by atoms with E-state index in [2.05, 4.69) is 5.32 Å². The zero-order valence-corrected chi connectivity index (χ0v) is 30.0. The van der Waals surface area contributed by atoms with Gasteiger partial charge in [0, 0.05) is 25.8 Å². The highest BCUT2D eigenvalue weighted by atomic mass is 16.6. The smallest absolute Gasteiger partial charge is 0.313 e. The number of carbonyl (C=O) groups excluding carboxylic acids is 4. The predicted molar refractivity (Wildman–Crippen MR) is 190 cm³/mol. The molecule has 11 nitrogen and oxygen atoms in total. The first-order valence-electron chi connectivity index (χ1n) is 17.9. The van der Waals surface area contributed by atoms with Crippen molar-refractivity contribution in [2.75, 3.05) is 31.8 Å². The number of likely N-dealkylation sites (tertiary alicyclic amines) is 1. The molecule has 2 fully saturated rings. The average Bonchev–Trinajstić information content (AvgIpc) is 3.75. The lowest BCUT2D eigenvalue weighted by Gasteiger charge is -2.39. The number of fused-ring (bicyclic) bond motifs is 2. The third-order valence-electron chi connectivity index (χ3n) is 10.5. The Balaban J connectivity index is 1.50. The third-order valence-corrected chi connectivity index (χ3v) is 10.5. The molecule has 0 saturated carbocycles. The van der Waals surface area contributed by atoms with Crippen LogP contribution in [0, 0.1) is 31.6 Å². The Morgan fingerprint density at radius 1 is 1.04 bits per heavy atom. The van der Waals surface area contributed by atoms with E-state index in [1.165, 1.54) is 12.0 Å². The summed E-state index contributed by atoms with van der Waals surface area (Å²) in [6.07, 6.45) is 6.48. The molecule has 4 aliphatic rings. The van der Waals surface area contributed by atoms with Gasteiger partial charge >= 0.3 is 5.97 Å². The molecule has 0 radical (unpaired) electrons. The molecule has 8 atom stereocenters. The topological polar surface area (TPSA) is 135 Å². The Bertz CT molecular complexity index is 1690. The molecular weight excluding hydrogens is 650 g/mol. The van der Waals surface area contributed by atoms with Crippen LogP contribution in [0.1, 0.15) is 55.9 Å². The normalized spacial score (nSPS) is 30.8. The molecule has 0 unspecified atom stereocenters. The van der Waals surface area contributed by atoms with Crippen LogP contribution < -0.4 is 10.2 Å². The van der Waals surface area contributed by atoms with Gasteiger partial charge in [-0.2, -0.15) is 0 Å². The molecule has 4 heterocycles. The van der Waals surface area contributed by atoms with Gasteiger partial charge in [0.15, 0.2) is 0 Å². The fourth-order valence-corrected chi connectivity index (χ4v) is 8.24. The van der Waals surface area contributed by atoms with E-state index in [1.54, 1.807) is 17.1 Å². The van der Waals surface area contributed by atoms with Gasteiger partial charge in [0.25, 0.3) is 5.91 Å². The van der Waals surface area contributed by atoms with E-state index in [0.717, 1.165) is 11.1 Å². The number of hydrogen-bond donors (Lipinski definition) is 2. The van der Waals surface area contributed by atoms with E-state index in [9.17, 15) is 19.5 Å². The molecule has 1 spiro atoms. The number of anilines is 1. The van der Waals surface area contributed by atoms with Gasteiger partial charge in [-0.25, -0.2) is 0 Å². The summed E-state index contributed by atoms with van der Waals surface area (Å²) in [6, 6.07) is 12.4. The van der Waals surface area contributed by atoms with Crippen LogP contribution in [-0.4, -0.2) is 90.4 Å². The van der Waals surface area contributed by atoms with Crippen molar-refractivity contribution in [1.29, 1.82) is 0 Å². The van der Waals surface area contributed by atoms with Crippen molar-refractivity contribution in [3.05, 3.63) is 89.5 Å². The SMILES string of the molecule is COC[C@@H]1NC(=O)CC/C=C\CN(c2cc(C)ccc2C)C(=O)[C@H]2N([C@@H](CO)CC(C)C)C(=O)[C@@H]3[C@@H](C(=O)O[C@H]1c1ccccc1)[C@H]1C=C[C@]32O1. The van der Waals surface area contributed by atoms with Gasteiger partial charge in [0.1, 0.15) is 23.7 Å². The highest BCUT2D eigenvalue weighted by Gasteiger charge is 2.74. The number of ether oxygens (including phenoxy) is 3. The molecule has 0 aromatic heterocycles. The standard InChI is InChI=1S/C40H49N3O8/c1-24(2)20-28(22-44)43-36-38(47)42(30-21-25(3)15-16-26(30)4)19-11-7-10-14-32(45)41-29(23-49-5)35(27-12-8-6-9-13-27)50-39(48)33-31-17-18-40(36,51-31)34(33)37(43)46/h6-9,11-13,15-18,21,24,28-29,31,33-36,44H,10,14,19-20,22-23H2,1-5H3,(H,41,45)/b11-7-/t28-,29+,31-,33+,34+,35+,36-,40+/m1/s1. The number of benzene rings is 2. The molecule has 2 N–H and O–H groups in total. The molecule has 11 heteroatoms. The maximum absolute atomic E-state index is 15.2. The van der Waals surface area contributed by atoms with Crippen LogP contribution in [0.4, 0.5) is 5.69 Å². The Kier molecular flexibility index (Phi) is 10.8. The Morgan fingerprint density at radius 2 is 1.80 bits per heavy atom. The molecule has 2 aromatic carbocycles. The predicted octanol–water partition coefficient (Wildman–Crippen LogP) is 3.96. The van der Waals surface area contributed by atoms with E-state index in [-0.39, 0.29) is 43.9 Å². The number of hydrogen-bond acceptors (Lipinski definition) is 8. The summed E-state index contributed by atoms with van der Waals surface area (Å²) in [6.45, 7) is 7.74. The van der Waals surface area contributed by atoms with Crippen LogP contribution in [0.15, 0.2) is 72.8 Å². The summed E-state index contributed by atoms with van der Waals surface area (Å²) in [4.78, 5) is 61.0. The molecule has 51 heavy (non-hydrogen) atoms. The van der Waals surface area contributed by atoms with Gasteiger partial charge in [-0.1, -0.05) is 80.6 Å². The monoisotopic (exact) mass is 699 g/mol. The van der Waals surface area contributed by atoms with Crippen LogP contribution in [0.25, 0.3) is 0 Å². The minimum absolute atomic E-state index is 0.0632. The van der Waals surface area contributed by atoms with E-state index in [4.69, 9.17) is 14.2 Å². The number of rotatable bonds is 8. The summed E-state index contributed by atoms with van der Waals surface area (Å²) >= 11 is 0. The number of carbonyl (C=O) groups is 4. The lowest BCUT2D eigenvalue weighted by molar-refractivity contribution is -0.162. The number of aryl methyl sites for hydroxylation is 2. The molecule has 2 saturated heterocycles. The largest absolute Gasteiger partial charge is 0.455 e. The molecule has 272 valence electrons. The lowest BCUT2D eigenvalue weighted by Crippen LogP contribution is -2.59. The summed E-state index contributed by atoms with van der Waals surface area (Å²) in [5.41, 5.74) is 1.67. The maximum Gasteiger partial charge on any atom is 0.313 e. The number of esters is 1. The summed E-state index contributed by atoms with van der Waals surface area (Å²) in [5.74, 6) is -3.79. The number of nitrogens with zero attached hydrogens (tertiary/aromatic N) is 2. The molecule has 0 aliphatic carbocycles. The van der Waals surface area contributed by atoms with Crippen molar-refractivity contribution >= 4 is 29.4 Å². The zero-order valence-electron chi connectivity index (χ0n) is 30.0. The zero-order chi connectivity index (χ0) is 36.4. The highest BCUT2D eigenvalue weighted by molar-refractivity contribution is 6.05. The van der Waals surface area contributed by atoms with E-state index in [0.29, 0.717) is 24.1 Å². The highest BCUT2D eigenvalue weighted by Crippen LogP contribution is 2.56. The second-order valence-corrected chi connectivity index (χ2v) is 14.6. The Labute approximate surface area is 299 Å². The number of amides is 3. The van der Waals surface area contributed by atoms with Crippen molar-refractivity contribution in [3.8, 4) is 0 Å². The molecule has 6 rings (SSSR count). The van der Waals surface area contributed by atoms with Crippen LogP contribution >= 0.6 is 0 Å². The first-order valence-corrected chi connectivity index (χ1v) is 17.9. The average molecular weight is 700 g/mol. The number of aliphatic hydroxyl groups excluding tert-OH is 1. The van der Waals surface area contributed by atoms with Crippen molar-refractivity contribution in [2.24, 2.45) is 17.8 Å². The fourth-order valence-electron chi connectivity index (χ4n) is 8.24. The first kappa shape index (κ1) is 36.5. The van der Waals surface area contributed by atoms with E-state index < -0.39 is 59.6 Å². The quantitative estimate of drug-likeness (QED) is 0.313. The van der Waals surface area contributed by atoms with Gasteiger partial charge in [-0.05, 0) is 55.4 Å². The van der Waals surface area contributed by atoms with Crippen molar-refractivity contribution in [3.63, 3.8) is 0 Å². The number of allylic oxidation sites excluding steroid dienone is 1. The Morgan fingerprint density at radius 3 is 2.51 bits per heavy atom. The maximum atomic E-state index is 15.2. The second-order valence-electron chi connectivity index (χ2n) is 14.6. The second kappa shape index (κ2) is 15.1. The van der Waals surface area contributed by atoms with Gasteiger partial charge in [0.2, 0.25) is 11.8 Å².